The molecule has 1 aromatic carbocycles. The first-order valence-electron chi connectivity index (χ1n) is 12.9. The normalized spacial score (nSPS) is 21.0. The van der Waals surface area contributed by atoms with E-state index in [1.807, 2.05) is 39.9 Å². The summed E-state index contributed by atoms with van der Waals surface area (Å²) in [7, 11) is 1.66. The van der Waals surface area contributed by atoms with Gasteiger partial charge in [0, 0.05) is 49.9 Å². The number of ether oxygens (including phenoxy) is 2. The molecule has 0 radical (unpaired) electrons. The van der Waals surface area contributed by atoms with Crippen LogP contribution in [0.4, 0.5) is 5.95 Å². The van der Waals surface area contributed by atoms with E-state index in [4.69, 9.17) is 14.5 Å². The van der Waals surface area contributed by atoms with Crippen LogP contribution in [0.25, 0.3) is 16.7 Å². The average Bonchev–Trinajstić information content (AvgIpc) is 3.35. The molecular formula is C27H35N5O4. The molecule has 0 unspecified atom stereocenters. The van der Waals surface area contributed by atoms with Crippen LogP contribution in [0, 0.1) is 5.92 Å². The van der Waals surface area contributed by atoms with Gasteiger partial charge in [0.25, 0.3) is 0 Å². The zero-order valence-electron chi connectivity index (χ0n) is 20.8. The fourth-order valence-electron chi connectivity index (χ4n) is 5.26. The fraction of sp³-hybridized carbons (Fsp3) is 0.519. The SMILES string of the molecule is COCCOc1cccc2c1ccn2-c1ccnc(NC2CCC(C(=O)N3CCC(O)CC3)CC2)n1. The van der Waals surface area contributed by atoms with E-state index in [1.54, 1.807) is 13.3 Å². The first-order valence-corrected chi connectivity index (χ1v) is 12.9. The second-order valence-corrected chi connectivity index (χ2v) is 9.70. The third-order valence-electron chi connectivity index (χ3n) is 7.31. The van der Waals surface area contributed by atoms with Gasteiger partial charge in [-0.05, 0) is 62.8 Å². The van der Waals surface area contributed by atoms with Gasteiger partial charge in [-0.3, -0.25) is 4.79 Å². The number of carbonyl (C=O) groups is 1. The van der Waals surface area contributed by atoms with Crippen LogP contribution in [0.1, 0.15) is 38.5 Å². The molecule has 3 aromatic rings. The summed E-state index contributed by atoms with van der Waals surface area (Å²) in [6, 6.07) is 10.2. The molecule has 36 heavy (non-hydrogen) atoms. The Morgan fingerprint density at radius 1 is 1.08 bits per heavy atom. The number of aliphatic hydroxyl groups is 1. The van der Waals surface area contributed by atoms with Crippen LogP contribution in [0.5, 0.6) is 5.75 Å². The molecule has 9 heteroatoms. The van der Waals surface area contributed by atoms with Crippen molar-refractivity contribution in [2.75, 3.05) is 38.7 Å². The maximum Gasteiger partial charge on any atom is 0.225 e. The van der Waals surface area contributed by atoms with Gasteiger partial charge in [-0.1, -0.05) is 6.07 Å². The fourth-order valence-corrected chi connectivity index (χ4v) is 5.26. The summed E-state index contributed by atoms with van der Waals surface area (Å²) in [5.74, 6) is 2.54. The lowest BCUT2D eigenvalue weighted by molar-refractivity contribution is -0.138. The number of hydrogen-bond donors (Lipinski definition) is 2. The third kappa shape index (κ3) is 5.47. The molecule has 0 spiro atoms. The van der Waals surface area contributed by atoms with Crippen LogP contribution in [-0.4, -0.2) is 76.0 Å². The average molecular weight is 494 g/mol. The van der Waals surface area contributed by atoms with Crippen molar-refractivity contribution >= 4 is 22.8 Å². The van der Waals surface area contributed by atoms with Crippen LogP contribution < -0.4 is 10.1 Å². The maximum atomic E-state index is 12.9. The standard InChI is InChI=1S/C27H35N5O4/c1-35-17-18-36-24-4-2-3-23-22(24)12-16-32(23)25-9-13-28-27(30-25)29-20-7-5-19(6-8-20)26(34)31-14-10-21(33)11-15-31/h2-4,9,12-13,16,19-21,33H,5-8,10-11,14-15,17-18H2,1H3,(H,28,29,30). The number of methoxy groups -OCH3 is 1. The molecule has 0 atom stereocenters. The summed E-state index contributed by atoms with van der Waals surface area (Å²) in [6.07, 6.45) is 8.44. The monoisotopic (exact) mass is 493 g/mol. The van der Waals surface area contributed by atoms with Crippen molar-refractivity contribution in [2.24, 2.45) is 5.92 Å². The van der Waals surface area contributed by atoms with Crippen molar-refractivity contribution in [3.8, 4) is 11.6 Å². The second-order valence-electron chi connectivity index (χ2n) is 9.70. The minimum atomic E-state index is -0.259. The molecule has 1 saturated carbocycles. The van der Waals surface area contributed by atoms with Crippen molar-refractivity contribution in [1.29, 1.82) is 0 Å². The molecule has 1 aliphatic heterocycles. The number of nitrogens with one attached hydrogen (secondary N) is 1. The van der Waals surface area contributed by atoms with Crippen molar-refractivity contribution in [3.63, 3.8) is 0 Å². The van der Waals surface area contributed by atoms with E-state index in [2.05, 4.69) is 16.4 Å². The molecule has 9 nitrogen and oxygen atoms in total. The molecule has 1 amide bonds. The molecule has 2 aromatic heterocycles. The van der Waals surface area contributed by atoms with Crippen molar-refractivity contribution in [3.05, 3.63) is 42.7 Å². The van der Waals surface area contributed by atoms with Crippen LogP contribution in [0.15, 0.2) is 42.7 Å². The minimum Gasteiger partial charge on any atom is -0.490 e. The molecule has 192 valence electrons. The Morgan fingerprint density at radius 3 is 2.67 bits per heavy atom. The molecule has 2 N–H and O–H groups in total. The lowest BCUT2D eigenvalue weighted by Crippen LogP contribution is -2.44. The highest BCUT2D eigenvalue weighted by atomic mass is 16.5. The Morgan fingerprint density at radius 2 is 1.89 bits per heavy atom. The van der Waals surface area contributed by atoms with Gasteiger partial charge in [-0.25, -0.2) is 4.98 Å². The minimum absolute atomic E-state index is 0.0806. The van der Waals surface area contributed by atoms with E-state index in [0.29, 0.717) is 45.1 Å². The number of aromatic nitrogens is 3. The number of nitrogens with zero attached hydrogens (tertiary/aromatic N) is 4. The van der Waals surface area contributed by atoms with Crippen molar-refractivity contribution in [1.82, 2.24) is 19.4 Å². The van der Waals surface area contributed by atoms with Crippen LogP contribution in [0.3, 0.4) is 0 Å². The summed E-state index contributed by atoms with van der Waals surface area (Å²) in [6.45, 7) is 2.38. The Hall–Kier alpha value is -3.17. The number of amides is 1. The predicted molar refractivity (Wildman–Crippen MR) is 137 cm³/mol. The lowest BCUT2D eigenvalue weighted by atomic mass is 9.85. The number of piperidine rings is 1. The van der Waals surface area contributed by atoms with E-state index < -0.39 is 0 Å². The zero-order chi connectivity index (χ0) is 24.9. The van der Waals surface area contributed by atoms with Crippen molar-refractivity contribution in [2.45, 2.75) is 50.7 Å². The van der Waals surface area contributed by atoms with Crippen LogP contribution in [-0.2, 0) is 9.53 Å². The quantitative estimate of drug-likeness (QED) is 0.464. The number of anilines is 1. The Labute approximate surface area is 211 Å². The molecular weight excluding hydrogens is 458 g/mol. The Balaban J connectivity index is 1.21. The number of likely N-dealkylation sites (tertiary alicyclic amines) is 1. The van der Waals surface area contributed by atoms with E-state index in [1.165, 1.54) is 0 Å². The summed E-state index contributed by atoms with van der Waals surface area (Å²) in [5, 5.41) is 14.2. The van der Waals surface area contributed by atoms with E-state index in [9.17, 15) is 9.90 Å². The molecule has 1 aliphatic carbocycles. The van der Waals surface area contributed by atoms with E-state index in [-0.39, 0.29) is 24.0 Å². The van der Waals surface area contributed by atoms with Gasteiger partial charge in [0.15, 0.2) is 0 Å². The van der Waals surface area contributed by atoms with Crippen LogP contribution in [0.2, 0.25) is 0 Å². The molecule has 2 fully saturated rings. The largest absolute Gasteiger partial charge is 0.490 e. The zero-order valence-corrected chi connectivity index (χ0v) is 20.8. The highest BCUT2D eigenvalue weighted by molar-refractivity contribution is 5.87. The summed E-state index contributed by atoms with van der Waals surface area (Å²) < 4.78 is 13.0. The number of fused-ring (bicyclic) bond motifs is 1. The molecule has 2 aliphatic rings. The van der Waals surface area contributed by atoms with Gasteiger partial charge in [-0.15, -0.1) is 0 Å². The second kappa shape index (κ2) is 11.3. The number of rotatable bonds is 8. The highest BCUT2D eigenvalue weighted by Crippen LogP contribution is 2.30. The Bertz CT molecular complexity index is 1170. The molecule has 0 bridgehead atoms. The molecule has 3 heterocycles. The van der Waals surface area contributed by atoms with Gasteiger partial charge >= 0.3 is 0 Å². The molecule has 1 saturated heterocycles. The lowest BCUT2D eigenvalue weighted by Gasteiger charge is -2.35. The number of hydrogen-bond acceptors (Lipinski definition) is 7. The summed E-state index contributed by atoms with van der Waals surface area (Å²) in [4.78, 5) is 24.1. The topological polar surface area (TPSA) is 102 Å². The van der Waals surface area contributed by atoms with Gasteiger partial charge < -0.3 is 29.4 Å². The van der Waals surface area contributed by atoms with Gasteiger partial charge in [0.05, 0.1) is 18.2 Å². The number of carbonyl (C=O) groups excluding carboxylic acids is 1. The number of benzene rings is 1. The molecule has 5 rings (SSSR count). The van der Waals surface area contributed by atoms with E-state index in [0.717, 1.165) is 48.2 Å². The predicted octanol–water partition coefficient (Wildman–Crippen LogP) is 3.40. The van der Waals surface area contributed by atoms with Crippen LogP contribution >= 0.6 is 0 Å². The summed E-state index contributed by atoms with van der Waals surface area (Å²) >= 11 is 0. The van der Waals surface area contributed by atoms with Gasteiger partial charge in [0.2, 0.25) is 11.9 Å². The Kier molecular flexibility index (Phi) is 7.67. The first-order chi connectivity index (χ1) is 17.6. The first kappa shape index (κ1) is 24.5. The number of aliphatic hydroxyl groups excluding tert-OH is 1. The maximum absolute atomic E-state index is 12.9. The van der Waals surface area contributed by atoms with E-state index >= 15 is 0 Å². The van der Waals surface area contributed by atoms with Gasteiger partial charge in [0.1, 0.15) is 18.2 Å². The summed E-state index contributed by atoms with van der Waals surface area (Å²) in [5.41, 5.74) is 1.01. The van der Waals surface area contributed by atoms with Crippen molar-refractivity contribution < 1.29 is 19.4 Å². The highest BCUT2D eigenvalue weighted by Gasteiger charge is 2.31. The third-order valence-corrected chi connectivity index (χ3v) is 7.31. The van der Waals surface area contributed by atoms with Gasteiger partial charge in [-0.2, -0.15) is 4.98 Å². The smallest absolute Gasteiger partial charge is 0.225 e.